The van der Waals surface area contributed by atoms with Crippen LogP contribution in [0.15, 0.2) is 96.1 Å². The van der Waals surface area contributed by atoms with Gasteiger partial charge in [0, 0.05) is 24.2 Å². The Labute approximate surface area is 183 Å². The minimum atomic E-state index is -0.279. The molecule has 2 amide bonds. The molecule has 3 aromatic carbocycles. The number of hydrogen-bond acceptors (Lipinski definition) is 3. The van der Waals surface area contributed by atoms with Crippen LogP contribution >= 0.6 is 0 Å². The zero-order valence-corrected chi connectivity index (χ0v) is 17.7. The number of carbonyl (C=O) groups is 2. The van der Waals surface area contributed by atoms with E-state index in [0.29, 0.717) is 0 Å². The average molecular weight is 414 g/mol. The molecule has 5 nitrogen and oxygen atoms in total. The monoisotopic (exact) mass is 413 g/mol. The highest BCUT2D eigenvalue weighted by molar-refractivity contribution is 6.02. The number of hydrazone groups is 1. The Bertz CT molecular complexity index is 963. The summed E-state index contributed by atoms with van der Waals surface area (Å²) in [6, 6.07) is 28.7. The SMILES string of the molecule is CCC/C(=N/NC(=O)CCC(=O)N(c1ccccc1)c1ccccc1)c1ccccc1. The van der Waals surface area contributed by atoms with Crippen molar-refractivity contribution in [3.8, 4) is 0 Å². The van der Waals surface area contributed by atoms with Gasteiger partial charge in [0.2, 0.25) is 11.8 Å². The molecule has 0 atom stereocenters. The predicted octanol–water partition coefficient (Wildman–Crippen LogP) is 5.45. The van der Waals surface area contributed by atoms with Gasteiger partial charge in [-0.25, -0.2) is 5.43 Å². The molecule has 1 N–H and O–H groups in total. The summed E-state index contributed by atoms with van der Waals surface area (Å²) in [6.07, 6.45) is 1.83. The quantitative estimate of drug-likeness (QED) is 0.374. The second-order valence-corrected chi connectivity index (χ2v) is 7.11. The second-order valence-electron chi connectivity index (χ2n) is 7.11. The number of hydrogen-bond donors (Lipinski definition) is 1. The highest BCUT2D eigenvalue weighted by atomic mass is 16.2. The standard InChI is InChI=1S/C26H27N3O2/c1-2-12-24(21-13-6-3-7-14-21)27-28-25(30)19-20-26(31)29(22-15-8-4-9-16-22)23-17-10-5-11-18-23/h3-11,13-18H,2,12,19-20H2,1H3,(H,28,30)/b27-24-. The highest BCUT2D eigenvalue weighted by Gasteiger charge is 2.18. The molecule has 0 spiro atoms. The van der Waals surface area contributed by atoms with Gasteiger partial charge in [0.25, 0.3) is 0 Å². The molecule has 0 saturated carbocycles. The van der Waals surface area contributed by atoms with Crippen molar-refractivity contribution in [1.82, 2.24) is 5.43 Å². The fourth-order valence-electron chi connectivity index (χ4n) is 3.24. The topological polar surface area (TPSA) is 61.8 Å². The zero-order chi connectivity index (χ0) is 21.9. The number of nitrogens with zero attached hydrogens (tertiary/aromatic N) is 2. The van der Waals surface area contributed by atoms with E-state index in [9.17, 15) is 9.59 Å². The summed E-state index contributed by atoms with van der Waals surface area (Å²) in [5, 5.41) is 4.31. The van der Waals surface area contributed by atoms with Gasteiger partial charge < -0.3 is 0 Å². The number of nitrogens with one attached hydrogen (secondary N) is 1. The van der Waals surface area contributed by atoms with Crippen LogP contribution in [0.2, 0.25) is 0 Å². The third-order valence-electron chi connectivity index (χ3n) is 4.75. The summed E-state index contributed by atoms with van der Waals surface area (Å²) in [5.74, 6) is -0.424. The Morgan fingerprint density at radius 3 is 1.77 bits per heavy atom. The molecule has 31 heavy (non-hydrogen) atoms. The van der Waals surface area contributed by atoms with Crippen LogP contribution in [0.25, 0.3) is 0 Å². The van der Waals surface area contributed by atoms with Crippen molar-refractivity contribution in [3.05, 3.63) is 96.6 Å². The number of amides is 2. The van der Waals surface area contributed by atoms with Crippen LogP contribution in [-0.4, -0.2) is 17.5 Å². The molecule has 5 heteroatoms. The predicted molar refractivity (Wildman–Crippen MR) is 125 cm³/mol. The van der Waals surface area contributed by atoms with Crippen molar-refractivity contribution in [3.63, 3.8) is 0 Å². The van der Waals surface area contributed by atoms with Crippen molar-refractivity contribution in [1.29, 1.82) is 0 Å². The lowest BCUT2D eigenvalue weighted by Crippen LogP contribution is -2.28. The summed E-state index contributed by atoms with van der Waals surface area (Å²) in [4.78, 5) is 27.1. The van der Waals surface area contributed by atoms with Crippen molar-refractivity contribution >= 4 is 28.9 Å². The van der Waals surface area contributed by atoms with E-state index in [1.807, 2.05) is 91.0 Å². The molecule has 0 aromatic heterocycles. The number of anilines is 2. The lowest BCUT2D eigenvalue weighted by Gasteiger charge is -2.23. The largest absolute Gasteiger partial charge is 0.281 e. The molecule has 158 valence electrons. The van der Waals surface area contributed by atoms with Gasteiger partial charge in [-0.2, -0.15) is 5.10 Å². The number of carbonyl (C=O) groups excluding carboxylic acids is 2. The molecule has 0 unspecified atom stereocenters. The molecule has 0 bridgehead atoms. The smallest absolute Gasteiger partial charge is 0.240 e. The van der Waals surface area contributed by atoms with Crippen molar-refractivity contribution in [2.45, 2.75) is 32.6 Å². The van der Waals surface area contributed by atoms with Gasteiger partial charge >= 0.3 is 0 Å². The first-order chi connectivity index (χ1) is 15.2. The summed E-state index contributed by atoms with van der Waals surface area (Å²) in [6.45, 7) is 2.07. The van der Waals surface area contributed by atoms with E-state index >= 15 is 0 Å². The van der Waals surface area contributed by atoms with Gasteiger partial charge in [0.15, 0.2) is 0 Å². The minimum Gasteiger partial charge on any atom is -0.281 e. The molecular weight excluding hydrogens is 386 g/mol. The van der Waals surface area contributed by atoms with E-state index in [-0.39, 0.29) is 24.7 Å². The molecule has 0 heterocycles. The van der Waals surface area contributed by atoms with Gasteiger partial charge in [-0.3, -0.25) is 14.5 Å². The average Bonchev–Trinajstić information content (AvgIpc) is 2.82. The Balaban J connectivity index is 1.66. The van der Waals surface area contributed by atoms with Gasteiger partial charge in [-0.05, 0) is 36.2 Å². The van der Waals surface area contributed by atoms with E-state index in [1.54, 1.807) is 4.90 Å². The first kappa shape index (κ1) is 22.0. The fourth-order valence-corrected chi connectivity index (χ4v) is 3.24. The summed E-state index contributed by atoms with van der Waals surface area (Å²) >= 11 is 0. The molecule has 0 radical (unpaired) electrons. The van der Waals surface area contributed by atoms with E-state index in [1.165, 1.54) is 0 Å². The van der Waals surface area contributed by atoms with Crippen LogP contribution in [0.5, 0.6) is 0 Å². The van der Waals surface area contributed by atoms with E-state index in [4.69, 9.17) is 0 Å². The molecule has 0 aliphatic carbocycles. The Kier molecular flexibility index (Phi) is 8.12. The molecule has 3 aromatic rings. The molecule has 0 fully saturated rings. The van der Waals surface area contributed by atoms with Crippen LogP contribution in [-0.2, 0) is 9.59 Å². The fraction of sp³-hybridized carbons (Fsp3) is 0.192. The number of benzene rings is 3. The van der Waals surface area contributed by atoms with Crippen molar-refractivity contribution < 1.29 is 9.59 Å². The van der Waals surface area contributed by atoms with E-state index in [2.05, 4.69) is 17.5 Å². The third kappa shape index (κ3) is 6.37. The Hall–Kier alpha value is -3.73. The first-order valence-corrected chi connectivity index (χ1v) is 10.5. The molecular formula is C26H27N3O2. The maximum Gasteiger partial charge on any atom is 0.240 e. The van der Waals surface area contributed by atoms with Gasteiger partial charge in [-0.15, -0.1) is 0 Å². The van der Waals surface area contributed by atoms with Crippen LogP contribution < -0.4 is 10.3 Å². The van der Waals surface area contributed by atoms with Crippen molar-refractivity contribution in [2.75, 3.05) is 4.90 Å². The van der Waals surface area contributed by atoms with Gasteiger partial charge in [0.05, 0.1) is 5.71 Å². The van der Waals surface area contributed by atoms with Crippen molar-refractivity contribution in [2.24, 2.45) is 5.10 Å². The van der Waals surface area contributed by atoms with Crippen LogP contribution in [0, 0.1) is 0 Å². The Morgan fingerprint density at radius 1 is 0.742 bits per heavy atom. The Morgan fingerprint density at radius 2 is 1.26 bits per heavy atom. The van der Waals surface area contributed by atoms with Crippen LogP contribution in [0.3, 0.4) is 0 Å². The highest BCUT2D eigenvalue weighted by Crippen LogP contribution is 2.26. The van der Waals surface area contributed by atoms with E-state index in [0.717, 1.165) is 35.5 Å². The zero-order valence-electron chi connectivity index (χ0n) is 17.7. The van der Waals surface area contributed by atoms with E-state index < -0.39 is 0 Å². The molecule has 3 rings (SSSR count). The minimum absolute atomic E-state index is 0.0622. The first-order valence-electron chi connectivity index (χ1n) is 10.5. The van der Waals surface area contributed by atoms with Gasteiger partial charge in [0.1, 0.15) is 0 Å². The normalized spacial score (nSPS) is 11.1. The van der Waals surface area contributed by atoms with Crippen LogP contribution in [0.1, 0.15) is 38.2 Å². The molecule has 0 saturated heterocycles. The number of rotatable bonds is 9. The van der Waals surface area contributed by atoms with Crippen LogP contribution in [0.4, 0.5) is 11.4 Å². The maximum absolute atomic E-state index is 13.0. The maximum atomic E-state index is 13.0. The summed E-state index contributed by atoms with van der Waals surface area (Å²) in [5.41, 5.74) is 5.98. The van der Waals surface area contributed by atoms with Gasteiger partial charge in [-0.1, -0.05) is 80.1 Å². The lowest BCUT2D eigenvalue weighted by molar-refractivity contribution is -0.124. The second kappa shape index (κ2) is 11.5. The molecule has 0 aliphatic heterocycles. The summed E-state index contributed by atoms with van der Waals surface area (Å²) in [7, 11) is 0. The third-order valence-corrected chi connectivity index (χ3v) is 4.75. The molecule has 0 aliphatic rings. The lowest BCUT2D eigenvalue weighted by atomic mass is 10.1. The summed E-state index contributed by atoms with van der Waals surface area (Å²) < 4.78 is 0. The number of para-hydroxylation sites is 2.